The van der Waals surface area contributed by atoms with Crippen molar-refractivity contribution in [1.29, 1.82) is 0 Å². The van der Waals surface area contributed by atoms with Crippen LogP contribution >= 0.6 is 21.6 Å². The Balaban J connectivity index is 1.57. The van der Waals surface area contributed by atoms with E-state index in [0.717, 1.165) is 11.3 Å². The molecule has 1 aliphatic rings. The lowest BCUT2D eigenvalue weighted by molar-refractivity contribution is 0.317. The van der Waals surface area contributed by atoms with Crippen LogP contribution in [0.1, 0.15) is 48.9 Å². The molecule has 1 unspecified atom stereocenters. The molecule has 0 N–H and O–H groups in total. The summed E-state index contributed by atoms with van der Waals surface area (Å²) in [5.74, 6) is 0.892. The fourth-order valence-electron chi connectivity index (χ4n) is 2.80. The lowest BCUT2D eigenvalue weighted by Crippen LogP contribution is -2.07. The average molecular weight is 408 g/mol. The highest BCUT2D eigenvalue weighted by Gasteiger charge is 2.26. The van der Waals surface area contributed by atoms with E-state index in [1.807, 2.05) is 33.7 Å². The smallest absolute Gasteiger partial charge is 0.222 e. The molecule has 6 heteroatoms. The van der Waals surface area contributed by atoms with Gasteiger partial charge in [0, 0.05) is 11.5 Å². The number of unbranched alkanes of at least 4 members (excludes halogenated alkanes) is 2. The maximum absolute atomic E-state index is 13.9. The second-order valence-electron chi connectivity index (χ2n) is 6.39. The van der Waals surface area contributed by atoms with Crippen molar-refractivity contribution in [3.63, 3.8) is 0 Å². The van der Waals surface area contributed by atoms with Crippen LogP contribution in [0.5, 0.6) is 0 Å². The normalized spacial score (nSPS) is 16.3. The maximum atomic E-state index is 13.9. The van der Waals surface area contributed by atoms with Crippen molar-refractivity contribution < 1.29 is 13.5 Å². The number of ether oxygens (including phenoxy) is 1. The third kappa shape index (κ3) is 5.48. The monoisotopic (exact) mass is 407 g/mol. The van der Waals surface area contributed by atoms with Crippen LogP contribution in [-0.2, 0) is 10.5 Å². The van der Waals surface area contributed by atoms with Crippen LogP contribution in [0.25, 0.3) is 0 Å². The molecule has 1 atom stereocenters. The quantitative estimate of drug-likeness (QED) is 0.347. The lowest BCUT2D eigenvalue weighted by Gasteiger charge is -2.07. The summed E-state index contributed by atoms with van der Waals surface area (Å²) in [7, 11) is 3.80. The summed E-state index contributed by atoms with van der Waals surface area (Å²) < 4.78 is 33.3. The molecular formula is C21H23F2NOS2. The van der Waals surface area contributed by atoms with Crippen molar-refractivity contribution in [3.05, 3.63) is 70.8 Å². The molecule has 2 nitrogen and oxygen atoms in total. The Kier molecular flexibility index (Phi) is 7.59. The minimum absolute atomic E-state index is 0.0405. The van der Waals surface area contributed by atoms with Gasteiger partial charge < -0.3 is 4.74 Å². The maximum Gasteiger partial charge on any atom is 0.222 e. The molecule has 1 aliphatic heterocycles. The lowest BCUT2D eigenvalue weighted by atomic mass is 10.1. The minimum atomic E-state index is -0.654. The zero-order valence-corrected chi connectivity index (χ0v) is 16.9. The summed E-state index contributed by atoms with van der Waals surface area (Å²) >= 11 is 0. The fourth-order valence-corrected chi connectivity index (χ4v) is 5.02. The van der Waals surface area contributed by atoms with E-state index in [4.69, 9.17) is 4.74 Å². The van der Waals surface area contributed by atoms with E-state index >= 15 is 0 Å². The Hall–Kier alpha value is -1.53. The predicted octanol–water partition coefficient (Wildman–Crippen LogP) is 6.55. The van der Waals surface area contributed by atoms with Gasteiger partial charge in [-0.15, -0.1) is 0 Å². The van der Waals surface area contributed by atoms with Gasteiger partial charge in [0.15, 0.2) is 0 Å². The van der Waals surface area contributed by atoms with Gasteiger partial charge in [-0.3, -0.25) is 0 Å². The fraction of sp³-hybridized carbons (Fsp3) is 0.381. The molecule has 0 fully saturated rings. The van der Waals surface area contributed by atoms with Gasteiger partial charge in [-0.1, -0.05) is 71.7 Å². The van der Waals surface area contributed by atoms with Crippen molar-refractivity contribution in [2.24, 2.45) is 4.99 Å². The largest absolute Gasteiger partial charge is 0.475 e. The second-order valence-corrected chi connectivity index (χ2v) is 8.97. The molecule has 1 heterocycles. The zero-order valence-electron chi connectivity index (χ0n) is 15.3. The Labute approximate surface area is 167 Å². The highest BCUT2D eigenvalue weighted by molar-refractivity contribution is 8.76. The SMILES string of the molecule is CCCCCSSCc1ccc(C2COC(c3c(F)cccc3F)=N2)cc1. The molecule has 0 spiro atoms. The molecule has 0 saturated carbocycles. The number of aliphatic imine (C=N–C) groups is 1. The molecule has 0 aromatic heterocycles. The third-order valence-corrected chi connectivity index (χ3v) is 6.76. The molecule has 0 bridgehead atoms. The third-order valence-electron chi connectivity index (χ3n) is 4.33. The van der Waals surface area contributed by atoms with Gasteiger partial charge in [0.25, 0.3) is 0 Å². The number of hydrogen-bond acceptors (Lipinski definition) is 4. The van der Waals surface area contributed by atoms with Crippen LogP contribution in [0.4, 0.5) is 8.78 Å². The van der Waals surface area contributed by atoms with Gasteiger partial charge >= 0.3 is 0 Å². The molecule has 144 valence electrons. The van der Waals surface area contributed by atoms with Crippen LogP contribution in [-0.4, -0.2) is 18.3 Å². The zero-order chi connectivity index (χ0) is 19.1. The van der Waals surface area contributed by atoms with Crippen molar-refractivity contribution in [2.45, 2.75) is 38.0 Å². The molecule has 0 saturated heterocycles. The molecule has 27 heavy (non-hydrogen) atoms. The minimum Gasteiger partial charge on any atom is -0.475 e. The first-order valence-electron chi connectivity index (χ1n) is 9.17. The van der Waals surface area contributed by atoms with Crippen molar-refractivity contribution in [2.75, 3.05) is 12.4 Å². The van der Waals surface area contributed by atoms with Gasteiger partial charge in [-0.05, 0) is 29.7 Å². The van der Waals surface area contributed by atoms with Crippen LogP contribution in [0, 0.1) is 11.6 Å². The number of nitrogens with zero attached hydrogens (tertiary/aromatic N) is 1. The Morgan fingerprint density at radius 1 is 1.04 bits per heavy atom. The Bertz CT molecular complexity index is 760. The summed E-state index contributed by atoms with van der Waals surface area (Å²) in [5, 5.41) is 0. The molecular weight excluding hydrogens is 384 g/mol. The molecule has 2 aromatic rings. The first kappa shape index (κ1) is 20.2. The van der Waals surface area contributed by atoms with Crippen molar-refractivity contribution in [3.8, 4) is 0 Å². The summed E-state index contributed by atoms with van der Waals surface area (Å²) in [5.41, 5.74) is 2.06. The van der Waals surface area contributed by atoms with Gasteiger partial charge in [0.05, 0.1) is 0 Å². The topological polar surface area (TPSA) is 21.6 Å². The highest BCUT2D eigenvalue weighted by Crippen LogP contribution is 2.30. The summed E-state index contributed by atoms with van der Waals surface area (Å²) in [4.78, 5) is 4.39. The Morgan fingerprint density at radius 2 is 1.78 bits per heavy atom. The summed E-state index contributed by atoms with van der Waals surface area (Å²) in [6, 6.07) is 11.8. The number of rotatable bonds is 9. The summed E-state index contributed by atoms with van der Waals surface area (Å²) in [6.45, 7) is 2.51. The average Bonchev–Trinajstić information content (AvgIpc) is 3.14. The van der Waals surface area contributed by atoms with E-state index in [-0.39, 0.29) is 17.5 Å². The van der Waals surface area contributed by atoms with Gasteiger partial charge in [-0.25, -0.2) is 13.8 Å². The van der Waals surface area contributed by atoms with Crippen LogP contribution in [0.3, 0.4) is 0 Å². The van der Waals surface area contributed by atoms with Crippen LogP contribution in [0.2, 0.25) is 0 Å². The van der Waals surface area contributed by atoms with Gasteiger partial charge in [0.1, 0.15) is 29.8 Å². The number of hydrogen-bond donors (Lipinski definition) is 0. The van der Waals surface area contributed by atoms with E-state index in [2.05, 4.69) is 24.0 Å². The first-order valence-corrected chi connectivity index (χ1v) is 11.7. The van der Waals surface area contributed by atoms with Crippen LogP contribution < -0.4 is 0 Å². The predicted molar refractivity (Wildman–Crippen MR) is 111 cm³/mol. The highest BCUT2D eigenvalue weighted by atomic mass is 33.1. The Morgan fingerprint density at radius 3 is 2.48 bits per heavy atom. The van der Waals surface area contributed by atoms with Gasteiger partial charge in [0.2, 0.25) is 5.90 Å². The number of halogens is 2. The van der Waals surface area contributed by atoms with E-state index in [1.165, 1.54) is 48.8 Å². The van der Waals surface area contributed by atoms with Crippen molar-refractivity contribution >= 4 is 27.5 Å². The van der Waals surface area contributed by atoms with E-state index in [0.29, 0.717) is 6.61 Å². The van der Waals surface area contributed by atoms with E-state index in [1.54, 1.807) is 0 Å². The molecule has 2 aromatic carbocycles. The molecule has 0 aliphatic carbocycles. The second kappa shape index (κ2) is 10.1. The molecule has 0 amide bonds. The molecule has 0 radical (unpaired) electrons. The first-order chi connectivity index (χ1) is 13.2. The summed E-state index contributed by atoms with van der Waals surface area (Å²) in [6.07, 6.45) is 3.83. The van der Waals surface area contributed by atoms with E-state index in [9.17, 15) is 8.78 Å². The number of benzene rings is 2. The van der Waals surface area contributed by atoms with Gasteiger partial charge in [-0.2, -0.15) is 0 Å². The van der Waals surface area contributed by atoms with E-state index < -0.39 is 11.6 Å². The standard InChI is InChI=1S/C21H23F2NOS2/c1-2-3-4-12-26-27-14-15-8-10-16(11-9-15)19-13-25-21(24-19)20-17(22)6-5-7-18(20)23/h5-11,19H,2-4,12-14H2,1H3. The van der Waals surface area contributed by atoms with Crippen molar-refractivity contribution in [1.82, 2.24) is 0 Å². The molecule has 3 rings (SSSR count). The van der Waals surface area contributed by atoms with Crippen LogP contribution in [0.15, 0.2) is 47.5 Å².